The molecule has 1 aliphatic carbocycles. The molecule has 6 rings (SSSR count). The zero-order chi connectivity index (χ0) is 21.5. The summed E-state index contributed by atoms with van der Waals surface area (Å²) in [5, 5.41) is 11.5. The molecule has 0 amide bonds. The third-order valence-electron chi connectivity index (χ3n) is 6.69. The quantitative estimate of drug-likeness (QED) is 0.509. The Balaban J connectivity index is 1.24. The molecule has 166 valence electrons. The van der Waals surface area contributed by atoms with Crippen molar-refractivity contribution in [2.24, 2.45) is 0 Å². The topological polar surface area (TPSA) is 76.3 Å². The molecule has 0 bridgehead atoms. The van der Waals surface area contributed by atoms with Crippen molar-refractivity contribution in [3.05, 3.63) is 47.4 Å². The molecule has 8 heteroatoms. The molecule has 1 aliphatic heterocycles. The minimum absolute atomic E-state index is 0.187. The first-order valence-corrected chi connectivity index (χ1v) is 12.3. The summed E-state index contributed by atoms with van der Waals surface area (Å²) in [5.74, 6) is 0.187. The van der Waals surface area contributed by atoms with Gasteiger partial charge in [0.25, 0.3) is 0 Å². The molecule has 0 radical (unpaired) electrons. The van der Waals surface area contributed by atoms with Crippen LogP contribution in [0.3, 0.4) is 0 Å². The molecule has 2 aliphatic rings. The minimum Gasteiger partial charge on any atom is -0.392 e. The molecule has 4 aromatic rings. The summed E-state index contributed by atoms with van der Waals surface area (Å²) in [7, 11) is 0. The Morgan fingerprint density at radius 1 is 1.06 bits per heavy atom. The Hall–Kier alpha value is -2.55. The predicted octanol–water partition coefficient (Wildman–Crippen LogP) is 3.94. The number of hydrogen-bond donors (Lipinski definition) is 1. The number of aromatic nitrogens is 4. The fourth-order valence-corrected chi connectivity index (χ4v) is 6.11. The van der Waals surface area contributed by atoms with Crippen molar-refractivity contribution in [3.8, 4) is 0 Å². The van der Waals surface area contributed by atoms with Gasteiger partial charge in [0.15, 0.2) is 5.65 Å². The number of anilines is 1. The van der Waals surface area contributed by atoms with Gasteiger partial charge in [0.1, 0.15) is 5.52 Å². The van der Waals surface area contributed by atoms with Crippen LogP contribution < -0.4 is 4.90 Å². The number of nitrogens with zero attached hydrogens (tertiary/aromatic N) is 5. The van der Waals surface area contributed by atoms with E-state index in [0.717, 1.165) is 79.5 Å². The van der Waals surface area contributed by atoms with Crippen LogP contribution in [-0.2, 0) is 11.3 Å². The summed E-state index contributed by atoms with van der Waals surface area (Å²) in [6, 6.07) is 8.58. The molecule has 32 heavy (non-hydrogen) atoms. The second kappa shape index (κ2) is 8.42. The molecule has 1 aromatic carbocycles. The number of aliphatic hydroxyl groups is 1. The first-order valence-electron chi connectivity index (χ1n) is 11.5. The first-order chi connectivity index (χ1) is 15.7. The number of aliphatic hydroxyl groups excluding tert-OH is 1. The zero-order valence-electron chi connectivity index (χ0n) is 18.0. The van der Waals surface area contributed by atoms with E-state index < -0.39 is 0 Å². The van der Waals surface area contributed by atoms with E-state index in [1.165, 1.54) is 16.7 Å². The van der Waals surface area contributed by atoms with E-state index in [0.29, 0.717) is 0 Å². The molecule has 7 nitrogen and oxygen atoms in total. The lowest BCUT2D eigenvalue weighted by molar-refractivity contribution is 0.106. The number of morpholine rings is 1. The van der Waals surface area contributed by atoms with Crippen LogP contribution in [0.5, 0.6) is 0 Å². The van der Waals surface area contributed by atoms with Crippen LogP contribution >= 0.6 is 11.3 Å². The maximum absolute atomic E-state index is 10.4. The first kappa shape index (κ1) is 20.1. The van der Waals surface area contributed by atoms with Crippen LogP contribution in [0.15, 0.2) is 36.8 Å². The van der Waals surface area contributed by atoms with Gasteiger partial charge >= 0.3 is 0 Å². The lowest BCUT2D eigenvalue weighted by Gasteiger charge is -2.28. The average Bonchev–Trinajstić information content (AvgIpc) is 3.43. The lowest BCUT2D eigenvalue weighted by atomic mass is 9.87. The molecule has 4 heterocycles. The summed E-state index contributed by atoms with van der Waals surface area (Å²) in [6.45, 7) is 4.02. The largest absolute Gasteiger partial charge is 0.392 e. The summed E-state index contributed by atoms with van der Waals surface area (Å²) in [6.07, 6.45) is 7.79. The lowest BCUT2D eigenvalue weighted by Crippen LogP contribution is -2.36. The molecular weight excluding hydrogens is 422 g/mol. The van der Waals surface area contributed by atoms with Gasteiger partial charge in [-0.05, 0) is 36.6 Å². The van der Waals surface area contributed by atoms with Crippen LogP contribution in [0, 0.1) is 0 Å². The Labute approximate surface area is 190 Å². The smallest absolute Gasteiger partial charge is 0.160 e. The van der Waals surface area contributed by atoms with E-state index in [2.05, 4.69) is 38.7 Å². The maximum atomic E-state index is 10.4. The summed E-state index contributed by atoms with van der Waals surface area (Å²) in [5.41, 5.74) is 5.15. The molecular formula is C24H27N5O2S. The van der Waals surface area contributed by atoms with Crippen molar-refractivity contribution < 1.29 is 9.84 Å². The van der Waals surface area contributed by atoms with E-state index in [-0.39, 0.29) is 12.0 Å². The standard InChI is InChI=1S/C24H27N5O2S/c30-21-4-2-1-3-18(21)24-27-19-6-5-16(11-22(19)32-24)14-29-15-26-20-12-17(13-25-23(20)29)28-7-9-31-10-8-28/h5-6,11-13,15,18,21,30H,1-4,7-10,14H2. The Kier molecular flexibility index (Phi) is 5.29. The third kappa shape index (κ3) is 3.76. The van der Waals surface area contributed by atoms with Gasteiger partial charge in [0, 0.05) is 19.0 Å². The van der Waals surface area contributed by atoms with E-state index in [1.54, 1.807) is 11.3 Å². The Bertz CT molecular complexity index is 1250. The monoisotopic (exact) mass is 449 g/mol. The zero-order valence-corrected chi connectivity index (χ0v) is 18.8. The van der Waals surface area contributed by atoms with Gasteiger partial charge in [-0.3, -0.25) is 0 Å². The number of imidazole rings is 1. The van der Waals surface area contributed by atoms with Crippen molar-refractivity contribution in [1.82, 2.24) is 19.5 Å². The van der Waals surface area contributed by atoms with Crippen LogP contribution in [0.25, 0.3) is 21.4 Å². The highest BCUT2D eigenvalue weighted by Gasteiger charge is 2.27. The van der Waals surface area contributed by atoms with Crippen molar-refractivity contribution in [2.45, 2.75) is 44.2 Å². The number of pyridine rings is 1. The number of hydrogen-bond acceptors (Lipinski definition) is 7. The van der Waals surface area contributed by atoms with Crippen LogP contribution in [0.2, 0.25) is 0 Å². The molecule has 0 spiro atoms. The molecule has 1 N–H and O–H groups in total. The molecule has 2 unspecified atom stereocenters. The highest BCUT2D eigenvalue weighted by molar-refractivity contribution is 7.18. The van der Waals surface area contributed by atoms with Crippen molar-refractivity contribution in [3.63, 3.8) is 0 Å². The van der Waals surface area contributed by atoms with E-state index in [4.69, 9.17) is 14.7 Å². The van der Waals surface area contributed by atoms with Gasteiger partial charge in [-0.2, -0.15) is 0 Å². The molecule has 3 aromatic heterocycles. The van der Waals surface area contributed by atoms with E-state index >= 15 is 0 Å². The molecule has 2 atom stereocenters. The second-order valence-electron chi connectivity index (χ2n) is 8.82. The molecule has 1 saturated carbocycles. The third-order valence-corrected chi connectivity index (χ3v) is 7.84. The summed E-state index contributed by atoms with van der Waals surface area (Å²) in [4.78, 5) is 16.5. The maximum Gasteiger partial charge on any atom is 0.160 e. The fraction of sp³-hybridized carbons (Fsp3) is 0.458. The van der Waals surface area contributed by atoms with E-state index in [1.807, 2.05) is 12.5 Å². The summed E-state index contributed by atoms with van der Waals surface area (Å²) >= 11 is 1.73. The normalized spacial score (nSPS) is 22.1. The second-order valence-corrected chi connectivity index (χ2v) is 9.88. The average molecular weight is 450 g/mol. The van der Waals surface area contributed by atoms with Crippen molar-refractivity contribution in [2.75, 3.05) is 31.2 Å². The number of thiazole rings is 1. The number of rotatable bonds is 4. The van der Waals surface area contributed by atoms with Crippen LogP contribution in [0.1, 0.15) is 42.2 Å². The van der Waals surface area contributed by atoms with Crippen molar-refractivity contribution >= 4 is 38.4 Å². The molecule has 1 saturated heterocycles. The fourth-order valence-electron chi connectivity index (χ4n) is 4.89. The highest BCUT2D eigenvalue weighted by atomic mass is 32.1. The van der Waals surface area contributed by atoms with Gasteiger partial charge in [-0.15, -0.1) is 11.3 Å². The number of benzene rings is 1. The van der Waals surface area contributed by atoms with Gasteiger partial charge in [-0.25, -0.2) is 15.0 Å². The predicted molar refractivity (Wildman–Crippen MR) is 126 cm³/mol. The van der Waals surface area contributed by atoms with Crippen LogP contribution in [0.4, 0.5) is 5.69 Å². The van der Waals surface area contributed by atoms with E-state index in [9.17, 15) is 5.11 Å². The van der Waals surface area contributed by atoms with Gasteiger partial charge in [-0.1, -0.05) is 18.9 Å². The Morgan fingerprint density at radius 2 is 1.94 bits per heavy atom. The van der Waals surface area contributed by atoms with Gasteiger partial charge in [0.05, 0.1) is 59.3 Å². The van der Waals surface area contributed by atoms with Gasteiger partial charge < -0.3 is 19.3 Å². The SMILES string of the molecule is OC1CCCCC1c1nc2ccc(Cn3cnc4cc(N5CCOCC5)cnc43)cc2s1. The molecule has 2 fully saturated rings. The van der Waals surface area contributed by atoms with Gasteiger partial charge in [0.2, 0.25) is 0 Å². The number of ether oxygens (including phenoxy) is 1. The van der Waals surface area contributed by atoms with Crippen LogP contribution in [-0.4, -0.2) is 57.0 Å². The number of fused-ring (bicyclic) bond motifs is 2. The summed E-state index contributed by atoms with van der Waals surface area (Å²) < 4.78 is 8.74. The van der Waals surface area contributed by atoms with Crippen molar-refractivity contribution in [1.29, 1.82) is 0 Å². The minimum atomic E-state index is -0.255. The highest BCUT2D eigenvalue weighted by Crippen LogP contribution is 2.37. The Morgan fingerprint density at radius 3 is 2.81 bits per heavy atom.